The Hall–Kier alpha value is -2.53. The van der Waals surface area contributed by atoms with Gasteiger partial charge in [0.25, 0.3) is 0 Å². The number of benzene rings is 2. The van der Waals surface area contributed by atoms with Gasteiger partial charge in [0, 0.05) is 0 Å². The normalized spacial score (nSPS) is 18.5. The van der Waals surface area contributed by atoms with Crippen molar-refractivity contribution in [3.63, 3.8) is 0 Å². The lowest BCUT2D eigenvalue weighted by atomic mass is 9.95. The standard InChI is InChI=1S/C20H23NO4/c1-24-17-11-15-8-9-20(23,16(15)12-18(17)25-2)13-21-19(22)10-14-6-4-3-5-7-14/h3-7,11-12,23H,8-10,13H2,1-2H3,(H,21,22). The van der Waals surface area contributed by atoms with Crippen LogP contribution in [0.4, 0.5) is 0 Å². The Balaban J connectivity index is 1.71. The van der Waals surface area contributed by atoms with Crippen molar-refractivity contribution in [2.45, 2.75) is 24.9 Å². The Bertz CT molecular complexity index is 760. The Morgan fingerprint density at radius 1 is 1.16 bits per heavy atom. The van der Waals surface area contributed by atoms with Crippen LogP contribution < -0.4 is 14.8 Å². The number of hydrogen-bond donors (Lipinski definition) is 2. The average Bonchev–Trinajstić information content (AvgIpc) is 2.96. The largest absolute Gasteiger partial charge is 0.493 e. The number of rotatable bonds is 6. The summed E-state index contributed by atoms with van der Waals surface area (Å²) in [5.74, 6) is 1.13. The van der Waals surface area contributed by atoms with Crippen LogP contribution in [0.1, 0.15) is 23.1 Å². The number of carbonyl (C=O) groups excluding carboxylic acids is 1. The van der Waals surface area contributed by atoms with Crippen molar-refractivity contribution in [1.82, 2.24) is 5.32 Å². The minimum absolute atomic E-state index is 0.103. The van der Waals surface area contributed by atoms with E-state index in [1.165, 1.54) is 0 Å². The van der Waals surface area contributed by atoms with Crippen molar-refractivity contribution in [2.24, 2.45) is 0 Å². The van der Waals surface area contributed by atoms with E-state index in [1.54, 1.807) is 14.2 Å². The van der Waals surface area contributed by atoms with Gasteiger partial charge in [-0.2, -0.15) is 0 Å². The van der Waals surface area contributed by atoms with Crippen molar-refractivity contribution in [1.29, 1.82) is 0 Å². The maximum absolute atomic E-state index is 12.2. The second-order valence-corrected chi connectivity index (χ2v) is 6.34. The molecule has 0 fully saturated rings. The smallest absolute Gasteiger partial charge is 0.224 e. The lowest BCUT2D eigenvalue weighted by Crippen LogP contribution is -2.39. The Morgan fingerprint density at radius 3 is 2.52 bits per heavy atom. The van der Waals surface area contributed by atoms with Crippen LogP contribution in [0.3, 0.4) is 0 Å². The third-order valence-corrected chi connectivity index (χ3v) is 4.70. The Morgan fingerprint density at radius 2 is 1.84 bits per heavy atom. The van der Waals surface area contributed by atoms with Crippen LogP contribution in [-0.4, -0.2) is 31.8 Å². The summed E-state index contributed by atoms with van der Waals surface area (Å²) >= 11 is 0. The topological polar surface area (TPSA) is 67.8 Å². The van der Waals surface area contributed by atoms with E-state index in [-0.39, 0.29) is 12.5 Å². The first kappa shape index (κ1) is 17.3. The lowest BCUT2D eigenvalue weighted by molar-refractivity contribution is -0.121. The number of aliphatic hydroxyl groups is 1. The summed E-state index contributed by atoms with van der Waals surface area (Å²) in [6, 6.07) is 13.3. The molecule has 2 aromatic carbocycles. The van der Waals surface area contributed by atoms with Gasteiger partial charge in [0.15, 0.2) is 11.5 Å². The van der Waals surface area contributed by atoms with E-state index in [4.69, 9.17) is 9.47 Å². The first-order chi connectivity index (χ1) is 12.1. The van der Waals surface area contributed by atoms with Crippen LogP contribution >= 0.6 is 0 Å². The van der Waals surface area contributed by atoms with Gasteiger partial charge in [0.2, 0.25) is 5.91 Å². The van der Waals surface area contributed by atoms with Crippen LogP contribution in [0.2, 0.25) is 0 Å². The minimum atomic E-state index is -1.08. The molecule has 1 amide bonds. The van der Waals surface area contributed by atoms with E-state index in [9.17, 15) is 9.90 Å². The number of methoxy groups -OCH3 is 2. The van der Waals surface area contributed by atoms with Crippen molar-refractivity contribution in [3.8, 4) is 11.5 Å². The molecule has 0 heterocycles. The fraction of sp³-hybridized carbons (Fsp3) is 0.350. The van der Waals surface area contributed by atoms with E-state index in [0.29, 0.717) is 24.3 Å². The fourth-order valence-electron chi connectivity index (χ4n) is 3.31. The highest BCUT2D eigenvalue weighted by Crippen LogP contribution is 2.42. The molecule has 3 rings (SSSR count). The van der Waals surface area contributed by atoms with E-state index < -0.39 is 5.60 Å². The summed E-state index contributed by atoms with van der Waals surface area (Å²) < 4.78 is 10.7. The molecule has 1 aliphatic rings. The number of aryl methyl sites for hydroxylation is 1. The number of carbonyl (C=O) groups is 1. The number of ether oxygens (including phenoxy) is 2. The molecule has 2 aromatic rings. The summed E-state index contributed by atoms with van der Waals surface area (Å²) in [6.07, 6.45) is 1.60. The second-order valence-electron chi connectivity index (χ2n) is 6.34. The molecule has 25 heavy (non-hydrogen) atoms. The highest BCUT2D eigenvalue weighted by molar-refractivity contribution is 5.78. The summed E-state index contributed by atoms with van der Waals surface area (Å²) in [6.45, 7) is 0.182. The average molecular weight is 341 g/mol. The zero-order valence-electron chi connectivity index (χ0n) is 14.5. The minimum Gasteiger partial charge on any atom is -0.493 e. The van der Waals surface area contributed by atoms with Crippen molar-refractivity contribution in [2.75, 3.05) is 20.8 Å². The molecule has 1 aliphatic carbocycles. The van der Waals surface area contributed by atoms with E-state index in [2.05, 4.69) is 5.32 Å². The van der Waals surface area contributed by atoms with Gasteiger partial charge in [-0.1, -0.05) is 30.3 Å². The zero-order valence-corrected chi connectivity index (χ0v) is 14.5. The highest BCUT2D eigenvalue weighted by Gasteiger charge is 2.38. The Kier molecular flexibility index (Phi) is 4.95. The first-order valence-electron chi connectivity index (χ1n) is 8.34. The molecule has 0 aromatic heterocycles. The predicted molar refractivity (Wildman–Crippen MR) is 94.9 cm³/mol. The van der Waals surface area contributed by atoms with E-state index in [1.807, 2.05) is 42.5 Å². The summed E-state index contributed by atoms with van der Waals surface area (Å²) in [7, 11) is 3.16. The molecule has 132 valence electrons. The van der Waals surface area contributed by atoms with E-state index >= 15 is 0 Å². The molecule has 5 nitrogen and oxygen atoms in total. The maximum Gasteiger partial charge on any atom is 0.224 e. The monoisotopic (exact) mass is 341 g/mol. The first-order valence-corrected chi connectivity index (χ1v) is 8.34. The maximum atomic E-state index is 12.2. The van der Waals surface area contributed by atoms with Gasteiger partial charge in [-0.15, -0.1) is 0 Å². The third kappa shape index (κ3) is 3.61. The van der Waals surface area contributed by atoms with Crippen LogP contribution in [0, 0.1) is 0 Å². The fourth-order valence-corrected chi connectivity index (χ4v) is 3.31. The van der Waals surface area contributed by atoms with E-state index in [0.717, 1.165) is 23.1 Å². The van der Waals surface area contributed by atoms with Gasteiger partial charge in [0.05, 0.1) is 27.2 Å². The molecule has 5 heteroatoms. The molecule has 0 saturated heterocycles. The van der Waals surface area contributed by atoms with Gasteiger partial charge < -0.3 is 19.9 Å². The molecule has 0 spiro atoms. The number of amides is 1. The predicted octanol–water partition coefficient (Wildman–Crippen LogP) is 2.20. The van der Waals surface area contributed by atoms with Gasteiger partial charge in [-0.3, -0.25) is 4.79 Å². The van der Waals surface area contributed by atoms with Gasteiger partial charge >= 0.3 is 0 Å². The van der Waals surface area contributed by atoms with Crippen LogP contribution in [0.5, 0.6) is 11.5 Å². The summed E-state index contributed by atoms with van der Waals surface area (Å²) in [5, 5.41) is 13.9. The quantitative estimate of drug-likeness (QED) is 0.845. The van der Waals surface area contributed by atoms with Gasteiger partial charge in [-0.05, 0) is 41.7 Å². The van der Waals surface area contributed by atoms with Crippen molar-refractivity contribution in [3.05, 3.63) is 59.2 Å². The number of hydrogen-bond acceptors (Lipinski definition) is 4. The van der Waals surface area contributed by atoms with Crippen LogP contribution in [0.25, 0.3) is 0 Å². The Labute approximate surface area is 147 Å². The zero-order chi connectivity index (χ0) is 17.9. The van der Waals surface area contributed by atoms with Gasteiger partial charge in [0.1, 0.15) is 5.60 Å². The summed E-state index contributed by atoms with van der Waals surface area (Å²) in [4.78, 5) is 12.2. The molecular weight excluding hydrogens is 318 g/mol. The molecule has 0 bridgehead atoms. The highest BCUT2D eigenvalue weighted by atomic mass is 16.5. The molecule has 2 N–H and O–H groups in total. The van der Waals surface area contributed by atoms with Crippen LogP contribution in [0.15, 0.2) is 42.5 Å². The van der Waals surface area contributed by atoms with Crippen molar-refractivity contribution < 1.29 is 19.4 Å². The third-order valence-electron chi connectivity index (χ3n) is 4.70. The summed E-state index contributed by atoms with van der Waals surface area (Å²) in [5.41, 5.74) is 1.69. The molecule has 0 radical (unpaired) electrons. The molecule has 0 aliphatic heterocycles. The lowest BCUT2D eigenvalue weighted by Gasteiger charge is -2.25. The SMILES string of the molecule is COc1cc2c(cc1OC)C(O)(CNC(=O)Cc1ccccc1)CC2. The van der Waals surface area contributed by atoms with Gasteiger partial charge in [-0.25, -0.2) is 0 Å². The van der Waals surface area contributed by atoms with Crippen molar-refractivity contribution >= 4 is 5.91 Å². The second kappa shape index (κ2) is 7.15. The molecule has 1 atom stereocenters. The number of fused-ring (bicyclic) bond motifs is 1. The number of nitrogens with one attached hydrogen (secondary N) is 1. The molecule has 1 unspecified atom stereocenters. The molecule has 0 saturated carbocycles. The van der Waals surface area contributed by atoms with Crippen LogP contribution in [-0.2, 0) is 23.2 Å². The molecular formula is C20H23NO4.